The maximum Gasteiger partial charge on any atom is 0.155 e. The van der Waals surface area contributed by atoms with Crippen molar-refractivity contribution in [1.82, 2.24) is 9.97 Å². The average molecular weight is 689 g/mol. The topological polar surface area (TPSA) is 25.8 Å². The van der Waals surface area contributed by atoms with E-state index < -0.39 is 0 Å². The van der Waals surface area contributed by atoms with Crippen LogP contribution in [0.2, 0.25) is 0 Å². The first-order chi connectivity index (χ1) is 17.4. The number of hydrogen-bond acceptors (Lipinski definition) is 6. The van der Waals surface area contributed by atoms with Gasteiger partial charge in [0.25, 0.3) is 0 Å². The monoisotopic (exact) mass is 686 g/mol. The standard InChI is InChI=1S/C28H36Br2N2S4/c1-5-9-11-17(7-3)13-19-15-21(29)33-23(19)25-31-27-28(35-25)32-26(36-27)24-20(16-22(30)34-24)14-18(8-4)12-10-6-2/h15-18H,5-14H2,1-4H3. The van der Waals surface area contributed by atoms with Crippen LogP contribution in [0.25, 0.3) is 29.4 Å². The van der Waals surface area contributed by atoms with Crippen LogP contribution >= 0.6 is 77.2 Å². The second-order valence-electron chi connectivity index (χ2n) is 9.70. The summed E-state index contributed by atoms with van der Waals surface area (Å²) in [6.45, 7) is 9.23. The molecule has 4 heterocycles. The lowest BCUT2D eigenvalue weighted by atomic mass is 9.92. The highest BCUT2D eigenvalue weighted by atomic mass is 79.9. The Labute approximate surface area is 249 Å². The summed E-state index contributed by atoms with van der Waals surface area (Å²) < 4.78 is 2.40. The summed E-state index contributed by atoms with van der Waals surface area (Å²) in [6, 6.07) is 4.64. The molecule has 4 aromatic rings. The molecule has 2 nitrogen and oxygen atoms in total. The zero-order chi connectivity index (χ0) is 25.7. The van der Waals surface area contributed by atoms with E-state index in [1.165, 1.54) is 79.8 Å². The van der Waals surface area contributed by atoms with E-state index in [9.17, 15) is 0 Å². The van der Waals surface area contributed by atoms with Crippen molar-refractivity contribution in [2.24, 2.45) is 11.8 Å². The van der Waals surface area contributed by atoms with Gasteiger partial charge in [0.15, 0.2) is 9.66 Å². The molecule has 4 rings (SSSR count). The molecule has 196 valence electrons. The summed E-state index contributed by atoms with van der Waals surface area (Å²) in [5, 5.41) is 2.26. The highest BCUT2D eigenvalue weighted by Gasteiger charge is 2.22. The zero-order valence-corrected chi connectivity index (χ0v) is 28.1. The Bertz CT molecular complexity index is 1130. The molecule has 0 aromatic carbocycles. The predicted molar refractivity (Wildman–Crippen MR) is 171 cm³/mol. The van der Waals surface area contributed by atoms with Gasteiger partial charge in [0.1, 0.15) is 10.0 Å². The third kappa shape index (κ3) is 7.09. The Kier molecular flexibility index (Phi) is 11.1. The second kappa shape index (κ2) is 13.8. The third-order valence-electron chi connectivity index (χ3n) is 7.03. The van der Waals surface area contributed by atoms with Crippen LogP contribution in [0, 0.1) is 11.8 Å². The fourth-order valence-corrected chi connectivity index (χ4v) is 10.4. The molecule has 0 amide bonds. The lowest BCUT2D eigenvalue weighted by Crippen LogP contribution is -2.03. The van der Waals surface area contributed by atoms with E-state index in [0.717, 1.165) is 44.4 Å². The van der Waals surface area contributed by atoms with Gasteiger partial charge in [-0.25, -0.2) is 9.97 Å². The van der Waals surface area contributed by atoms with Crippen LogP contribution in [0.3, 0.4) is 0 Å². The zero-order valence-electron chi connectivity index (χ0n) is 21.7. The van der Waals surface area contributed by atoms with Crippen molar-refractivity contribution in [2.45, 2.75) is 91.9 Å². The number of rotatable bonds is 14. The minimum absolute atomic E-state index is 0.746. The Morgan fingerprint density at radius 1 is 0.667 bits per heavy atom. The van der Waals surface area contributed by atoms with E-state index in [0.29, 0.717) is 0 Å². The molecule has 0 saturated heterocycles. The van der Waals surface area contributed by atoms with Crippen molar-refractivity contribution in [2.75, 3.05) is 0 Å². The van der Waals surface area contributed by atoms with Gasteiger partial charge in [-0.05, 0) is 79.8 Å². The van der Waals surface area contributed by atoms with E-state index in [2.05, 4.69) is 71.7 Å². The number of thiazole rings is 2. The predicted octanol–water partition coefficient (Wildman–Crippen LogP) is 12.3. The molecule has 36 heavy (non-hydrogen) atoms. The second-order valence-corrected chi connectivity index (χ2v) is 16.5. The summed E-state index contributed by atoms with van der Waals surface area (Å²) in [5.41, 5.74) is 2.89. The van der Waals surface area contributed by atoms with E-state index in [1.807, 2.05) is 22.7 Å². The van der Waals surface area contributed by atoms with E-state index in [1.54, 1.807) is 22.7 Å². The van der Waals surface area contributed by atoms with Crippen LogP contribution in [0.4, 0.5) is 0 Å². The molecule has 0 N–H and O–H groups in total. The van der Waals surface area contributed by atoms with Gasteiger partial charge in [0.2, 0.25) is 0 Å². The van der Waals surface area contributed by atoms with Gasteiger partial charge in [0.05, 0.1) is 17.3 Å². The van der Waals surface area contributed by atoms with Crippen molar-refractivity contribution >= 4 is 86.9 Å². The maximum absolute atomic E-state index is 5.11. The minimum Gasteiger partial charge on any atom is -0.222 e. The number of nitrogens with zero attached hydrogens (tertiary/aromatic N) is 2. The number of hydrogen-bond donors (Lipinski definition) is 0. The van der Waals surface area contributed by atoms with Crippen molar-refractivity contribution in [3.05, 3.63) is 30.8 Å². The van der Waals surface area contributed by atoms with E-state index in [-0.39, 0.29) is 0 Å². The van der Waals surface area contributed by atoms with Crippen LogP contribution in [0.5, 0.6) is 0 Å². The van der Waals surface area contributed by atoms with Gasteiger partial charge >= 0.3 is 0 Å². The quantitative estimate of drug-likeness (QED) is 0.132. The molecule has 0 aliphatic rings. The number of halogens is 2. The normalized spacial score (nSPS) is 13.6. The number of aromatic nitrogens is 2. The van der Waals surface area contributed by atoms with E-state index >= 15 is 0 Å². The minimum atomic E-state index is 0.746. The van der Waals surface area contributed by atoms with Crippen LogP contribution in [0.15, 0.2) is 19.7 Å². The fourth-order valence-electron chi connectivity index (χ4n) is 4.80. The van der Waals surface area contributed by atoms with Gasteiger partial charge in [-0.3, -0.25) is 0 Å². The summed E-state index contributed by atoms with van der Waals surface area (Å²) in [4.78, 5) is 15.0. The molecular formula is C28H36Br2N2S4. The number of thiophene rings is 2. The van der Waals surface area contributed by atoms with Crippen molar-refractivity contribution in [3.63, 3.8) is 0 Å². The molecule has 4 aromatic heterocycles. The van der Waals surface area contributed by atoms with E-state index in [4.69, 9.17) is 9.97 Å². The van der Waals surface area contributed by atoms with Crippen molar-refractivity contribution < 1.29 is 0 Å². The molecule has 0 radical (unpaired) electrons. The molecule has 0 fully saturated rings. The maximum atomic E-state index is 5.11. The van der Waals surface area contributed by atoms with Crippen molar-refractivity contribution in [1.29, 1.82) is 0 Å². The van der Waals surface area contributed by atoms with Gasteiger partial charge < -0.3 is 0 Å². The highest BCUT2D eigenvalue weighted by molar-refractivity contribution is 9.11. The lowest BCUT2D eigenvalue weighted by Gasteiger charge is -2.14. The van der Waals surface area contributed by atoms with Gasteiger partial charge in [-0.15, -0.1) is 22.7 Å². The summed E-state index contributed by atoms with van der Waals surface area (Å²) in [6.07, 6.45) is 12.6. The van der Waals surface area contributed by atoms with Gasteiger partial charge in [0, 0.05) is 0 Å². The SMILES string of the molecule is CCCCC(CC)Cc1cc(Br)sc1-c1nc2sc(-c3sc(Br)cc3CC(CC)CCCC)nc2s1. The fraction of sp³-hybridized carbons (Fsp3) is 0.571. The highest BCUT2D eigenvalue weighted by Crippen LogP contribution is 2.45. The molecule has 8 heteroatoms. The van der Waals surface area contributed by atoms with Crippen LogP contribution in [0.1, 0.15) is 90.2 Å². The molecule has 0 bridgehead atoms. The molecule has 0 saturated carbocycles. The van der Waals surface area contributed by atoms with Crippen LogP contribution in [-0.2, 0) is 12.8 Å². The molecule has 2 atom stereocenters. The average Bonchev–Trinajstić information content (AvgIpc) is 3.61. The third-order valence-corrected chi connectivity index (χ3v) is 12.7. The molecule has 0 aliphatic heterocycles. The molecule has 0 spiro atoms. The van der Waals surface area contributed by atoms with Crippen LogP contribution in [-0.4, -0.2) is 9.97 Å². The largest absolute Gasteiger partial charge is 0.222 e. The lowest BCUT2D eigenvalue weighted by molar-refractivity contribution is 0.450. The van der Waals surface area contributed by atoms with Crippen LogP contribution < -0.4 is 0 Å². The number of fused-ring (bicyclic) bond motifs is 1. The van der Waals surface area contributed by atoms with Gasteiger partial charge in [-0.2, -0.15) is 0 Å². The molecule has 2 unspecified atom stereocenters. The first kappa shape index (κ1) is 28.9. The first-order valence-corrected chi connectivity index (χ1v) is 18.1. The number of unbranched alkanes of at least 4 members (excludes halogenated alkanes) is 2. The van der Waals surface area contributed by atoms with Gasteiger partial charge in [-0.1, -0.05) is 102 Å². The Morgan fingerprint density at radius 2 is 1.08 bits per heavy atom. The summed E-state index contributed by atoms with van der Waals surface area (Å²) in [5.74, 6) is 1.49. The Balaban J connectivity index is 1.58. The first-order valence-electron chi connectivity index (χ1n) is 13.3. The Morgan fingerprint density at radius 3 is 1.44 bits per heavy atom. The Hall–Kier alpha value is -0.120. The van der Waals surface area contributed by atoms with Crippen molar-refractivity contribution in [3.8, 4) is 19.8 Å². The smallest absolute Gasteiger partial charge is 0.155 e. The molecular weight excluding hydrogens is 652 g/mol. The molecule has 0 aliphatic carbocycles. The summed E-state index contributed by atoms with van der Waals surface area (Å²) >= 11 is 14.7. The summed E-state index contributed by atoms with van der Waals surface area (Å²) in [7, 11) is 0.